The molecule has 1 aliphatic rings. The molecular weight excluding hydrogens is 294 g/mol. The molecule has 6 nitrogen and oxygen atoms in total. The van der Waals surface area contributed by atoms with Crippen molar-refractivity contribution < 1.29 is 13.7 Å². The topological polar surface area (TPSA) is 62.1 Å². The van der Waals surface area contributed by atoms with Crippen LogP contribution in [0.15, 0.2) is 12.7 Å². The average Bonchev–Trinajstić information content (AvgIpc) is 3.03. The number of aryl methyl sites for hydroxylation is 1. The summed E-state index contributed by atoms with van der Waals surface area (Å²) in [4.78, 5) is 12.7. The molecule has 0 aromatic carbocycles. The highest BCUT2D eigenvalue weighted by Crippen LogP contribution is 2.38. The first-order valence-electron chi connectivity index (χ1n) is 6.93. The molecule has 1 saturated heterocycles. The van der Waals surface area contributed by atoms with Crippen LogP contribution in [0.5, 0.6) is 0 Å². The van der Waals surface area contributed by atoms with Gasteiger partial charge >= 0.3 is 0 Å². The van der Waals surface area contributed by atoms with Gasteiger partial charge in [0, 0.05) is 8.81 Å². The fourth-order valence-corrected chi connectivity index (χ4v) is 3.18. The van der Waals surface area contributed by atoms with Gasteiger partial charge in [-0.1, -0.05) is 6.92 Å². The molecule has 21 heavy (non-hydrogen) atoms. The lowest BCUT2D eigenvalue weighted by molar-refractivity contribution is -0.0269. The normalized spacial score (nSPS) is 29.9. The van der Waals surface area contributed by atoms with Crippen LogP contribution in [0.1, 0.15) is 25.3 Å². The van der Waals surface area contributed by atoms with Crippen molar-refractivity contribution in [1.29, 1.82) is 0 Å². The van der Waals surface area contributed by atoms with Crippen molar-refractivity contribution in [3.63, 3.8) is 0 Å². The second-order valence-corrected chi connectivity index (χ2v) is 5.63. The van der Waals surface area contributed by atoms with Gasteiger partial charge in [-0.15, -0.1) is 0 Å². The molecule has 5 unspecified atom stereocenters. The summed E-state index contributed by atoms with van der Waals surface area (Å²) in [6.07, 6.45) is 0.918. The summed E-state index contributed by atoms with van der Waals surface area (Å²) < 4.78 is 27.6. The third-order valence-corrected chi connectivity index (χ3v) is 4.24. The molecule has 5 atom stereocenters. The Bertz CT molecular complexity index is 638. The number of aromatic nitrogens is 4. The highest BCUT2D eigenvalue weighted by atomic mass is 31.1. The van der Waals surface area contributed by atoms with Crippen LogP contribution < -0.4 is 0 Å². The Morgan fingerprint density at radius 3 is 2.95 bits per heavy atom. The van der Waals surface area contributed by atoms with Gasteiger partial charge in [0.25, 0.3) is 0 Å². The Balaban J connectivity index is 2.02. The number of alkyl halides is 1. The Morgan fingerprint density at radius 1 is 1.43 bits per heavy atom. The summed E-state index contributed by atoms with van der Waals surface area (Å²) in [6, 6.07) is 0. The molecule has 0 bridgehead atoms. The quantitative estimate of drug-likeness (QED) is 0.811. The van der Waals surface area contributed by atoms with E-state index in [1.807, 2.05) is 20.5 Å². The van der Waals surface area contributed by atoms with E-state index >= 15 is 0 Å². The van der Waals surface area contributed by atoms with E-state index in [1.165, 1.54) is 6.33 Å². The number of hydrogen-bond donors (Lipinski definition) is 0. The molecule has 0 radical (unpaired) electrons. The van der Waals surface area contributed by atoms with E-state index in [1.54, 1.807) is 10.9 Å². The highest BCUT2D eigenvalue weighted by molar-refractivity contribution is 7.31. The standard InChI is InChI=1S/C13H18FN4O2P/c1-4-8-9(14)11(20-21-3)13(19-8)18-6-17-10-7(2)15-5-16-12(10)18/h5-6,8-9,11,13,21H,4H2,1-3H3. The molecule has 0 aliphatic carbocycles. The van der Waals surface area contributed by atoms with Crippen LogP contribution in [0.25, 0.3) is 11.2 Å². The van der Waals surface area contributed by atoms with Crippen LogP contribution in [0.2, 0.25) is 0 Å². The number of ether oxygens (including phenoxy) is 1. The highest BCUT2D eigenvalue weighted by Gasteiger charge is 2.46. The zero-order valence-electron chi connectivity index (χ0n) is 12.2. The molecule has 0 N–H and O–H groups in total. The van der Waals surface area contributed by atoms with Crippen molar-refractivity contribution in [1.82, 2.24) is 19.5 Å². The molecule has 3 heterocycles. The fraction of sp³-hybridized carbons (Fsp3) is 0.615. The smallest absolute Gasteiger partial charge is 0.166 e. The van der Waals surface area contributed by atoms with Gasteiger partial charge in [0.15, 0.2) is 18.0 Å². The summed E-state index contributed by atoms with van der Waals surface area (Å²) in [6.45, 7) is 5.65. The van der Waals surface area contributed by atoms with Crippen molar-refractivity contribution in [2.45, 2.75) is 44.9 Å². The maximum absolute atomic E-state index is 14.4. The Labute approximate surface area is 123 Å². The molecule has 0 spiro atoms. The molecule has 114 valence electrons. The van der Waals surface area contributed by atoms with Crippen molar-refractivity contribution in [3.8, 4) is 0 Å². The largest absolute Gasteiger partial charge is 0.352 e. The van der Waals surface area contributed by atoms with Crippen LogP contribution in [0.4, 0.5) is 4.39 Å². The Morgan fingerprint density at radius 2 is 2.24 bits per heavy atom. The minimum Gasteiger partial charge on any atom is -0.352 e. The summed E-state index contributed by atoms with van der Waals surface area (Å²) in [7, 11) is 0.197. The van der Waals surface area contributed by atoms with Gasteiger partial charge in [0.2, 0.25) is 0 Å². The van der Waals surface area contributed by atoms with Crippen molar-refractivity contribution in [2.24, 2.45) is 0 Å². The average molecular weight is 312 g/mol. The predicted molar refractivity (Wildman–Crippen MR) is 78.3 cm³/mol. The van der Waals surface area contributed by atoms with Crippen molar-refractivity contribution in [2.75, 3.05) is 6.66 Å². The third-order valence-electron chi connectivity index (χ3n) is 3.74. The first kappa shape index (κ1) is 14.8. The molecule has 1 fully saturated rings. The van der Waals surface area contributed by atoms with Gasteiger partial charge in [0.05, 0.1) is 18.1 Å². The molecule has 3 rings (SSSR count). The maximum atomic E-state index is 14.4. The summed E-state index contributed by atoms with van der Waals surface area (Å²) in [5.74, 6) is 0. The van der Waals surface area contributed by atoms with E-state index in [9.17, 15) is 4.39 Å². The monoisotopic (exact) mass is 312 g/mol. The maximum Gasteiger partial charge on any atom is 0.166 e. The van der Waals surface area contributed by atoms with E-state index < -0.39 is 24.6 Å². The van der Waals surface area contributed by atoms with Gasteiger partial charge in [0.1, 0.15) is 17.9 Å². The number of halogens is 1. The molecular formula is C13H18FN4O2P. The number of hydrogen-bond acceptors (Lipinski definition) is 5. The van der Waals surface area contributed by atoms with Gasteiger partial charge < -0.3 is 9.26 Å². The lowest BCUT2D eigenvalue weighted by atomic mass is 10.1. The van der Waals surface area contributed by atoms with Crippen LogP contribution in [0, 0.1) is 6.92 Å². The second-order valence-electron chi connectivity index (χ2n) is 4.99. The first-order chi connectivity index (χ1) is 10.2. The van der Waals surface area contributed by atoms with Gasteiger partial charge in [-0.25, -0.2) is 19.3 Å². The van der Waals surface area contributed by atoms with E-state index in [-0.39, 0.29) is 8.81 Å². The molecule has 8 heteroatoms. The van der Waals surface area contributed by atoms with Gasteiger partial charge in [-0.3, -0.25) is 4.57 Å². The predicted octanol–water partition coefficient (Wildman–Crippen LogP) is 2.39. The lowest BCUT2D eigenvalue weighted by Gasteiger charge is -2.20. The lowest BCUT2D eigenvalue weighted by Crippen LogP contribution is -2.28. The number of fused-ring (bicyclic) bond motifs is 1. The summed E-state index contributed by atoms with van der Waals surface area (Å²) >= 11 is 0. The molecule has 2 aromatic rings. The molecule has 2 aromatic heterocycles. The number of imidazole rings is 1. The van der Waals surface area contributed by atoms with E-state index in [2.05, 4.69) is 15.0 Å². The fourth-order valence-electron chi connectivity index (χ4n) is 2.66. The van der Waals surface area contributed by atoms with Crippen molar-refractivity contribution >= 4 is 20.0 Å². The van der Waals surface area contributed by atoms with Crippen molar-refractivity contribution in [3.05, 3.63) is 18.3 Å². The third kappa shape index (κ3) is 2.43. The zero-order chi connectivity index (χ0) is 15.0. The number of rotatable bonds is 4. The second kappa shape index (κ2) is 5.91. The summed E-state index contributed by atoms with van der Waals surface area (Å²) in [5, 5.41) is 0. The minimum atomic E-state index is -1.15. The van der Waals surface area contributed by atoms with E-state index in [0.717, 1.165) is 5.69 Å². The zero-order valence-corrected chi connectivity index (χ0v) is 13.2. The molecule has 1 aliphatic heterocycles. The molecule has 0 amide bonds. The molecule has 0 saturated carbocycles. The van der Waals surface area contributed by atoms with Crippen LogP contribution >= 0.6 is 8.81 Å². The Kier molecular flexibility index (Phi) is 4.15. The van der Waals surface area contributed by atoms with E-state index in [0.29, 0.717) is 17.6 Å². The van der Waals surface area contributed by atoms with Gasteiger partial charge in [-0.2, -0.15) is 0 Å². The Hall–Kier alpha value is -1.17. The van der Waals surface area contributed by atoms with Crippen LogP contribution in [-0.4, -0.2) is 44.6 Å². The van der Waals surface area contributed by atoms with E-state index in [4.69, 9.17) is 9.26 Å². The van der Waals surface area contributed by atoms with Gasteiger partial charge in [-0.05, 0) is 20.0 Å². The van der Waals surface area contributed by atoms with Crippen LogP contribution in [-0.2, 0) is 9.26 Å². The SMILES string of the molecule is CCC1OC(n2cnc3c(C)ncnc32)C(OPC)C1F. The minimum absolute atomic E-state index is 0.197. The van der Waals surface area contributed by atoms with Crippen LogP contribution in [0.3, 0.4) is 0 Å². The number of nitrogens with zero attached hydrogens (tertiary/aromatic N) is 4. The summed E-state index contributed by atoms with van der Waals surface area (Å²) in [5.41, 5.74) is 2.13. The first-order valence-corrected chi connectivity index (χ1v) is 8.34.